The van der Waals surface area contributed by atoms with Crippen molar-refractivity contribution in [3.63, 3.8) is 0 Å². The Morgan fingerprint density at radius 3 is 2.75 bits per heavy atom. The molecule has 12 heavy (non-hydrogen) atoms. The van der Waals surface area contributed by atoms with Crippen LogP contribution in [-0.4, -0.2) is 4.68 Å². The lowest BCUT2D eigenvalue weighted by Gasteiger charge is -1.99. The minimum absolute atomic E-state index is 0.574. The van der Waals surface area contributed by atoms with Gasteiger partial charge in [0.25, 0.3) is 0 Å². The first-order valence-corrected chi connectivity index (χ1v) is 4.15. The van der Waals surface area contributed by atoms with E-state index in [2.05, 4.69) is 0 Å². The highest BCUT2D eigenvalue weighted by molar-refractivity contribution is 6.38. The molecule has 0 saturated carbocycles. The molecule has 0 atom stereocenters. The Labute approximate surface area is 79.4 Å². The minimum atomic E-state index is 0.574. The molecule has 0 aliphatic carbocycles. The number of halogens is 2. The smallest absolute Gasteiger partial charge is 0.0877 e. The Morgan fingerprint density at radius 2 is 2.00 bits per heavy atom. The average molecular weight is 201 g/mol. The maximum Gasteiger partial charge on any atom is 0.0877 e. The number of nitrogens with zero attached hydrogens (tertiary/aromatic N) is 1. The van der Waals surface area contributed by atoms with Gasteiger partial charge in [-0.2, -0.15) is 0 Å². The van der Waals surface area contributed by atoms with Gasteiger partial charge in [0.05, 0.1) is 10.5 Å². The van der Waals surface area contributed by atoms with Gasteiger partial charge in [-0.05, 0) is 18.2 Å². The topological polar surface area (TPSA) is 30.9 Å². The first-order chi connectivity index (χ1) is 5.68. The molecule has 2 rings (SSSR count). The van der Waals surface area contributed by atoms with Gasteiger partial charge in [-0.1, -0.05) is 23.2 Å². The molecule has 0 fully saturated rings. The Bertz CT molecular complexity index is 434. The third kappa shape index (κ3) is 1.04. The van der Waals surface area contributed by atoms with Gasteiger partial charge in [0.15, 0.2) is 0 Å². The average Bonchev–Trinajstić information content (AvgIpc) is 2.31. The molecular formula is C8H6Cl2N2. The van der Waals surface area contributed by atoms with Gasteiger partial charge < -0.3 is 5.84 Å². The van der Waals surface area contributed by atoms with Crippen LogP contribution in [0.25, 0.3) is 10.9 Å². The molecule has 62 valence electrons. The predicted octanol–water partition coefficient (Wildman–Crippen LogP) is 2.66. The van der Waals surface area contributed by atoms with E-state index in [-0.39, 0.29) is 0 Å². The molecule has 0 saturated heterocycles. The van der Waals surface area contributed by atoms with Gasteiger partial charge in [0, 0.05) is 16.6 Å². The Balaban J connectivity index is 2.93. The molecule has 0 radical (unpaired) electrons. The number of hydrogen-bond donors (Lipinski definition) is 1. The minimum Gasteiger partial charge on any atom is -0.339 e. The van der Waals surface area contributed by atoms with Crippen LogP contribution in [0, 0.1) is 0 Å². The molecule has 1 aromatic heterocycles. The van der Waals surface area contributed by atoms with Crippen LogP contribution >= 0.6 is 23.2 Å². The highest BCUT2D eigenvalue weighted by atomic mass is 35.5. The second-order valence-corrected chi connectivity index (χ2v) is 3.39. The second-order valence-electron chi connectivity index (χ2n) is 2.55. The SMILES string of the molecule is Nn1ccc2cc(Cl)cc(Cl)c21. The van der Waals surface area contributed by atoms with Crippen molar-refractivity contribution in [2.75, 3.05) is 5.84 Å². The third-order valence-corrected chi connectivity index (χ3v) is 2.24. The molecule has 2 nitrogen and oxygen atoms in total. The van der Waals surface area contributed by atoms with E-state index < -0.39 is 0 Å². The van der Waals surface area contributed by atoms with Crippen molar-refractivity contribution in [3.05, 3.63) is 34.4 Å². The fourth-order valence-corrected chi connectivity index (χ4v) is 1.83. The number of rotatable bonds is 0. The van der Waals surface area contributed by atoms with Crippen LogP contribution in [0.1, 0.15) is 0 Å². The van der Waals surface area contributed by atoms with Crippen molar-refractivity contribution >= 4 is 34.1 Å². The van der Waals surface area contributed by atoms with Crippen LogP contribution < -0.4 is 5.84 Å². The maximum atomic E-state index is 5.92. The molecule has 0 unspecified atom stereocenters. The Morgan fingerprint density at radius 1 is 1.25 bits per heavy atom. The summed E-state index contributed by atoms with van der Waals surface area (Å²) >= 11 is 11.7. The highest BCUT2D eigenvalue weighted by Gasteiger charge is 2.04. The molecule has 0 aliphatic rings. The van der Waals surface area contributed by atoms with E-state index in [9.17, 15) is 0 Å². The van der Waals surface area contributed by atoms with E-state index in [0.717, 1.165) is 10.9 Å². The summed E-state index contributed by atoms with van der Waals surface area (Å²) in [5.74, 6) is 5.62. The maximum absolute atomic E-state index is 5.92. The molecular weight excluding hydrogens is 195 g/mol. The Kier molecular flexibility index (Phi) is 1.67. The van der Waals surface area contributed by atoms with Gasteiger partial charge in [-0.3, -0.25) is 4.68 Å². The monoisotopic (exact) mass is 200 g/mol. The van der Waals surface area contributed by atoms with E-state index in [1.54, 1.807) is 12.3 Å². The summed E-state index contributed by atoms with van der Waals surface area (Å²) in [5, 5.41) is 2.15. The van der Waals surface area contributed by atoms with Crippen LogP contribution in [-0.2, 0) is 0 Å². The van der Waals surface area contributed by atoms with E-state index >= 15 is 0 Å². The lowest BCUT2D eigenvalue weighted by molar-refractivity contribution is 1.07. The fraction of sp³-hybridized carbons (Fsp3) is 0. The predicted molar refractivity (Wildman–Crippen MR) is 52.1 cm³/mol. The molecule has 2 aromatic rings. The molecule has 2 N–H and O–H groups in total. The normalized spacial score (nSPS) is 10.8. The van der Waals surface area contributed by atoms with E-state index in [0.29, 0.717) is 10.0 Å². The Hall–Kier alpha value is -0.860. The molecule has 4 heteroatoms. The second kappa shape index (κ2) is 2.57. The summed E-state index contributed by atoms with van der Waals surface area (Å²) in [6, 6.07) is 5.37. The van der Waals surface area contributed by atoms with Gasteiger partial charge in [0.1, 0.15) is 0 Å². The molecule has 0 amide bonds. The van der Waals surface area contributed by atoms with Gasteiger partial charge >= 0.3 is 0 Å². The number of fused-ring (bicyclic) bond motifs is 1. The molecule has 0 aliphatic heterocycles. The number of benzene rings is 1. The first-order valence-electron chi connectivity index (χ1n) is 3.39. The van der Waals surface area contributed by atoms with Crippen molar-refractivity contribution in [1.82, 2.24) is 4.68 Å². The number of nitrogen functional groups attached to an aromatic ring is 1. The quantitative estimate of drug-likeness (QED) is 0.652. The molecule has 1 aromatic carbocycles. The third-order valence-electron chi connectivity index (χ3n) is 1.73. The molecule has 0 spiro atoms. The first kappa shape index (κ1) is 7.77. The lowest BCUT2D eigenvalue weighted by atomic mass is 10.2. The van der Waals surface area contributed by atoms with E-state index in [4.69, 9.17) is 29.0 Å². The summed E-state index contributed by atoms with van der Waals surface area (Å²) in [4.78, 5) is 0. The summed E-state index contributed by atoms with van der Waals surface area (Å²) < 4.78 is 1.48. The highest BCUT2D eigenvalue weighted by Crippen LogP contribution is 2.27. The van der Waals surface area contributed by atoms with Crippen molar-refractivity contribution in [2.24, 2.45) is 0 Å². The zero-order valence-electron chi connectivity index (χ0n) is 6.09. The number of nitrogens with two attached hydrogens (primary N) is 1. The summed E-state index contributed by atoms with van der Waals surface area (Å²) in [7, 11) is 0. The molecule has 1 heterocycles. The van der Waals surface area contributed by atoms with Crippen LogP contribution in [0.5, 0.6) is 0 Å². The summed E-state index contributed by atoms with van der Waals surface area (Å²) in [5.41, 5.74) is 0.807. The number of aromatic nitrogens is 1. The van der Waals surface area contributed by atoms with Crippen LogP contribution in [0.15, 0.2) is 24.4 Å². The number of hydrogen-bond acceptors (Lipinski definition) is 1. The van der Waals surface area contributed by atoms with Gasteiger partial charge in [-0.25, -0.2) is 0 Å². The standard InChI is InChI=1S/C8H6Cl2N2/c9-6-3-5-1-2-12(11)8(5)7(10)4-6/h1-4H,11H2. The van der Waals surface area contributed by atoms with Gasteiger partial charge in [-0.15, -0.1) is 0 Å². The summed E-state index contributed by atoms with van der Waals surface area (Å²) in [6.45, 7) is 0. The lowest BCUT2D eigenvalue weighted by Crippen LogP contribution is -2.05. The summed E-state index contributed by atoms with van der Waals surface area (Å²) in [6.07, 6.45) is 1.74. The van der Waals surface area contributed by atoms with E-state index in [1.165, 1.54) is 4.68 Å². The van der Waals surface area contributed by atoms with E-state index in [1.807, 2.05) is 12.1 Å². The van der Waals surface area contributed by atoms with Gasteiger partial charge in [0.2, 0.25) is 0 Å². The van der Waals surface area contributed by atoms with Crippen LogP contribution in [0.3, 0.4) is 0 Å². The van der Waals surface area contributed by atoms with Crippen LogP contribution in [0.2, 0.25) is 10.0 Å². The van der Waals surface area contributed by atoms with Crippen molar-refractivity contribution in [2.45, 2.75) is 0 Å². The largest absolute Gasteiger partial charge is 0.339 e. The van der Waals surface area contributed by atoms with Crippen LogP contribution in [0.4, 0.5) is 0 Å². The van der Waals surface area contributed by atoms with Crippen molar-refractivity contribution in [1.29, 1.82) is 0 Å². The zero-order valence-corrected chi connectivity index (χ0v) is 7.60. The van der Waals surface area contributed by atoms with Crippen molar-refractivity contribution < 1.29 is 0 Å². The van der Waals surface area contributed by atoms with Crippen molar-refractivity contribution in [3.8, 4) is 0 Å². The zero-order chi connectivity index (χ0) is 8.72. The molecule has 0 bridgehead atoms. The fourth-order valence-electron chi connectivity index (χ4n) is 1.22.